The number of aromatic nitrogens is 2. The Labute approximate surface area is 150 Å². The molecule has 1 amide bonds. The second-order valence-corrected chi connectivity index (χ2v) is 8.07. The summed E-state index contributed by atoms with van der Waals surface area (Å²) in [5, 5.41) is 11.2. The highest BCUT2D eigenvalue weighted by atomic mass is 16.2. The lowest BCUT2D eigenvalue weighted by Gasteiger charge is -2.27. The highest BCUT2D eigenvalue weighted by Gasteiger charge is 2.57. The minimum absolute atomic E-state index is 0.233. The Morgan fingerprint density at radius 3 is 3.04 bits per heavy atom. The maximum Gasteiger partial charge on any atom is 0.224 e. The van der Waals surface area contributed by atoms with Gasteiger partial charge in [-0.05, 0) is 56.8 Å². The van der Waals surface area contributed by atoms with Gasteiger partial charge in [-0.1, -0.05) is 13.3 Å². The number of nitrogens with zero attached hydrogens (tertiary/aromatic N) is 3. The fourth-order valence-electron chi connectivity index (χ4n) is 4.54. The Balaban J connectivity index is 1.28. The monoisotopic (exact) mass is 345 g/mol. The number of hydrogen-bond acceptors (Lipinski definition) is 4. The van der Waals surface area contributed by atoms with E-state index < -0.39 is 0 Å². The molecule has 1 unspecified atom stereocenters. The summed E-state index contributed by atoms with van der Waals surface area (Å²) in [7, 11) is 0. The van der Waals surface area contributed by atoms with Gasteiger partial charge in [0.25, 0.3) is 0 Å². The third-order valence-electron chi connectivity index (χ3n) is 6.30. The molecule has 2 aliphatic heterocycles. The fourth-order valence-corrected chi connectivity index (χ4v) is 4.54. The molecular formula is C19H31N5O. The maximum atomic E-state index is 12.5. The first kappa shape index (κ1) is 17.0. The Morgan fingerprint density at radius 2 is 2.24 bits per heavy atom. The zero-order valence-electron chi connectivity index (χ0n) is 15.4. The van der Waals surface area contributed by atoms with Gasteiger partial charge in [0, 0.05) is 19.0 Å². The number of piperidine rings is 1. The first-order valence-electron chi connectivity index (χ1n) is 9.96. The van der Waals surface area contributed by atoms with Crippen molar-refractivity contribution in [1.29, 1.82) is 0 Å². The van der Waals surface area contributed by atoms with Crippen molar-refractivity contribution in [2.45, 2.75) is 58.7 Å². The topological polar surface area (TPSA) is 62.2 Å². The van der Waals surface area contributed by atoms with Crippen molar-refractivity contribution in [2.75, 3.05) is 26.2 Å². The normalized spacial score (nSPS) is 24.9. The number of unbranched alkanes of at least 4 members (excludes halogenated alkanes) is 1. The van der Waals surface area contributed by atoms with E-state index >= 15 is 0 Å². The first-order chi connectivity index (χ1) is 12.2. The van der Waals surface area contributed by atoms with Crippen LogP contribution in [0.2, 0.25) is 0 Å². The van der Waals surface area contributed by atoms with Gasteiger partial charge in [0.05, 0.1) is 24.5 Å². The molecular weight excluding hydrogens is 314 g/mol. The lowest BCUT2D eigenvalue weighted by atomic mass is 9.92. The van der Waals surface area contributed by atoms with E-state index in [0.29, 0.717) is 12.0 Å². The maximum absolute atomic E-state index is 12.5. The van der Waals surface area contributed by atoms with Crippen LogP contribution < -0.4 is 10.6 Å². The molecule has 2 N–H and O–H groups in total. The minimum Gasteiger partial charge on any atom is -0.350 e. The van der Waals surface area contributed by atoms with Crippen LogP contribution in [-0.2, 0) is 24.4 Å². The van der Waals surface area contributed by atoms with Crippen molar-refractivity contribution >= 4 is 5.91 Å². The van der Waals surface area contributed by atoms with Gasteiger partial charge < -0.3 is 10.6 Å². The van der Waals surface area contributed by atoms with Crippen LogP contribution >= 0.6 is 0 Å². The van der Waals surface area contributed by atoms with Gasteiger partial charge in [-0.2, -0.15) is 5.10 Å². The molecule has 1 aliphatic carbocycles. The van der Waals surface area contributed by atoms with E-state index in [1.165, 1.54) is 25.1 Å². The molecule has 1 saturated heterocycles. The van der Waals surface area contributed by atoms with Gasteiger partial charge in [-0.15, -0.1) is 0 Å². The van der Waals surface area contributed by atoms with E-state index in [1.807, 2.05) is 0 Å². The third kappa shape index (κ3) is 3.60. The van der Waals surface area contributed by atoms with Crippen molar-refractivity contribution < 1.29 is 4.79 Å². The molecule has 4 rings (SSSR count). The van der Waals surface area contributed by atoms with Gasteiger partial charge in [-0.3, -0.25) is 14.4 Å². The van der Waals surface area contributed by atoms with Gasteiger partial charge in [0.15, 0.2) is 0 Å². The van der Waals surface area contributed by atoms with Crippen LogP contribution in [0.5, 0.6) is 0 Å². The average molecular weight is 345 g/mol. The molecule has 1 saturated carbocycles. The number of fused-ring (bicyclic) bond motifs is 1. The second kappa shape index (κ2) is 7.08. The number of nitrogens with one attached hydrogen (secondary N) is 2. The highest BCUT2D eigenvalue weighted by molar-refractivity contribution is 5.82. The molecule has 138 valence electrons. The molecule has 0 aromatic carbocycles. The number of carbonyl (C=O) groups excluding carboxylic acids is 1. The van der Waals surface area contributed by atoms with Crippen LogP contribution in [0.25, 0.3) is 0 Å². The number of rotatable bonds is 6. The molecule has 6 heteroatoms. The molecule has 3 aliphatic rings. The molecule has 1 spiro atoms. The van der Waals surface area contributed by atoms with Crippen LogP contribution in [0.15, 0.2) is 6.07 Å². The third-order valence-corrected chi connectivity index (χ3v) is 6.30. The Bertz CT molecular complexity index is 619. The predicted molar refractivity (Wildman–Crippen MR) is 96.9 cm³/mol. The first-order valence-corrected chi connectivity index (χ1v) is 9.96. The standard InChI is InChI=1S/C19H31N5O/c1-2-3-8-23-9-10-24-16(14-23)11-15(22-24)13-21-18(25)17-12-19(17)4-6-20-7-5-19/h11,17,20H,2-10,12-14H2,1H3,(H,21,25). The minimum atomic E-state index is 0.233. The lowest BCUT2D eigenvalue weighted by Crippen LogP contribution is -2.34. The van der Waals surface area contributed by atoms with Crippen molar-refractivity contribution in [3.63, 3.8) is 0 Å². The van der Waals surface area contributed by atoms with Crippen LogP contribution in [0.1, 0.15) is 50.4 Å². The van der Waals surface area contributed by atoms with Gasteiger partial charge >= 0.3 is 0 Å². The summed E-state index contributed by atoms with van der Waals surface area (Å²) in [5.74, 6) is 0.466. The summed E-state index contributed by atoms with van der Waals surface area (Å²) >= 11 is 0. The quantitative estimate of drug-likeness (QED) is 0.820. The van der Waals surface area contributed by atoms with Gasteiger partial charge in [0.2, 0.25) is 5.91 Å². The molecule has 1 aromatic heterocycles. The number of hydrogen-bond donors (Lipinski definition) is 2. The van der Waals surface area contributed by atoms with E-state index in [9.17, 15) is 4.79 Å². The van der Waals surface area contributed by atoms with Crippen molar-refractivity contribution in [3.05, 3.63) is 17.5 Å². The molecule has 0 radical (unpaired) electrons. The Morgan fingerprint density at radius 1 is 1.40 bits per heavy atom. The van der Waals surface area contributed by atoms with Crippen molar-refractivity contribution in [3.8, 4) is 0 Å². The predicted octanol–water partition coefficient (Wildman–Crippen LogP) is 1.50. The van der Waals surface area contributed by atoms with Crippen molar-refractivity contribution in [2.24, 2.45) is 11.3 Å². The SMILES string of the molecule is CCCCN1CCn2nc(CNC(=O)C3CC34CCNCC4)cc2C1. The van der Waals surface area contributed by atoms with E-state index in [4.69, 9.17) is 0 Å². The number of amides is 1. The summed E-state index contributed by atoms with van der Waals surface area (Å²) in [6.45, 7) is 9.14. The van der Waals surface area contributed by atoms with E-state index in [1.54, 1.807) is 0 Å². The molecule has 1 aromatic rings. The second-order valence-electron chi connectivity index (χ2n) is 8.07. The van der Waals surface area contributed by atoms with Gasteiger partial charge in [0.1, 0.15) is 0 Å². The Hall–Kier alpha value is -1.40. The van der Waals surface area contributed by atoms with Crippen LogP contribution in [-0.4, -0.2) is 46.8 Å². The molecule has 0 bridgehead atoms. The summed E-state index contributed by atoms with van der Waals surface area (Å²) in [5.41, 5.74) is 2.59. The van der Waals surface area contributed by atoms with Gasteiger partial charge in [-0.25, -0.2) is 0 Å². The highest BCUT2D eigenvalue weighted by Crippen LogP contribution is 2.58. The molecule has 2 fully saturated rings. The summed E-state index contributed by atoms with van der Waals surface area (Å²) < 4.78 is 2.12. The smallest absolute Gasteiger partial charge is 0.224 e. The summed E-state index contributed by atoms with van der Waals surface area (Å²) in [4.78, 5) is 15.0. The lowest BCUT2D eigenvalue weighted by molar-refractivity contribution is -0.123. The average Bonchev–Trinajstić information content (AvgIpc) is 3.15. The summed E-state index contributed by atoms with van der Waals surface area (Å²) in [6, 6.07) is 2.17. The molecule has 3 heterocycles. The van der Waals surface area contributed by atoms with Crippen LogP contribution in [0.3, 0.4) is 0 Å². The zero-order valence-corrected chi connectivity index (χ0v) is 15.4. The van der Waals surface area contributed by atoms with Crippen molar-refractivity contribution in [1.82, 2.24) is 25.3 Å². The zero-order chi connectivity index (χ0) is 17.3. The van der Waals surface area contributed by atoms with E-state index in [2.05, 4.69) is 38.3 Å². The number of carbonyl (C=O) groups is 1. The van der Waals surface area contributed by atoms with Crippen LogP contribution in [0.4, 0.5) is 0 Å². The molecule has 25 heavy (non-hydrogen) atoms. The van der Waals surface area contributed by atoms with E-state index in [0.717, 1.165) is 57.7 Å². The molecule has 6 nitrogen and oxygen atoms in total. The Kier molecular flexibility index (Phi) is 4.82. The van der Waals surface area contributed by atoms with E-state index in [-0.39, 0.29) is 11.8 Å². The summed E-state index contributed by atoms with van der Waals surface area (Å²) in [6.07, 6.45) is 5.88. The largest absolute Gasteiger partial charge is 0.350 e. The molecule has 1 atom stereocenters. The van der Waals surface area contributed by atoms with Crippen LogP contribution in [0, 0.1) is 11.3 Å². The fraction of sp³-hybridized carbons (Fsp3) is 0.789.